The fourth-order valence-electron chi connectivity index (χ4n) is 1.00. The lowest BCUT2D eigenvalue weighted by Gasteiger charge is -2.04. The van der Waals surface area contributed by atoms with Crippen LogP contribution >= 0.6 is 0 Å². The highest BCUT2D eigenvalue weighted by Gasteiger charge is 2.12. The molecule has 0 fully saturated rings. The van der Waals surface area contributed by atoms with Crippen LogP contribution in [0.1, 0.15) is 19.8 Å². The summed E-state index contributed by atoms with van der Waals surface area (Å²) in [4.78, 5) is 13.6. The Labute approximate surface area is 87.2 Å². The maximum absolute atomic E-state index is 10.4. The Balaban J connectivity index is 2.69. The van der Waals surface area contributed by atoms with Crippen molar-refractivity contribution >= 4 is 11.5 Å². The Morgan fingerprint density at radius 3 is 2.87 bits per heavy atom. The number of unbranched alkanes of at least 4 members (excludes halogenated alkanes) is 1. The molecule has 2 N–H and O–H groups in total. The predicted molar refractivity (Wildman–Crippen MR) is 55.7 cm³/mol. The van der Waals surface area contributed by atoms with Crippen LogP contribution in [0.25, 0.3) is 0 Å². The van der Waals surface area contributed by atoms with Gasteiger partial charge in [0.25, 0.3) is 0 Å². The summed E-state index contributed by atoms with van der Waals surface area (Å²) in [6.07, 6.45) is 1.93. The third-order valence-electron chi connectivity index (χ3n) is 1.82. The molecule has 0 bridgehead atoms. The summed E-state index contributed by atoms with van der Waals surface area (Å²) in [6.45, 7) is 2.59. The molecule has 82 valence electrons. The van der Waals surface area contributed by atoms with Gasteiger partial charge in [0.05, 0.1) is 11.5 Å². The van der Waals surface area contributed by atoms with Crippen LogP contribution in [0.4, 0.5) is 11.5 Å². The Morgan fingerprint density at radius 1 is 1.60 bits per heavy atom. The molecule has 0 atom stereocenters. The number of nitrogens with two attached hydrogens (primary N) is 1. The molecule has 0 unspecified atom stereocenters. The van der Waals surface area contributed by atoms with Gasteiger partial charge in [-0.25, -0.2) is 0 Å². The van der Waals surface area contributed by atoms with Crippen LogP contribution in [-0.4, -0.2) is 16.5 Å². The van der Waals surface area contributed by atoms with Crippen molar-refractivity contribution in [3.05, 3.63) is 22.2 Å². The first kappa shape index (κ1) is 11.2. The van der Waals surface area contributed by atoms with Crippen LogP contribution < -0.4 is 10.5 Å². The molecule has 0 aliphatic carbocycles. The summed E-state index contributed by atoms with van der Waals surface area (Å²) in [5.74, 6) is 0.209. The van der Waals surface area contributed by atoms with Crippen molar-refractivity contribution < 1.29 is 9.66 Å². The van der Waals surface area contributed by atoms with E-state index in [2.05, 4.69) is 4.98 Å². The van der Waals surface area contributed by atoms with Crippen LogP contribution in [-0.2, 0) is 0 Å². The molecule has 6 nitrogen and oxygen atoms in total. The van der Waals surface area contributed by atoms with Crippen molar-refractivity contribution in [1.82, 2.24) is 4.98 Å². The molecule has 0 aliphatic heterocycles. The number of rotatable bonds is 5. The van der Waals surface area contributed by atoms with E-state index >= 15 is 0 Å². The van der Waals surface area contributed by atoms with E-state index in [-0.39, 0.29) is 11.5 Å². The lowest BCUT2D eigenvalue weighted by atomic mass is 10.3. The summed E-state index contributed by atoms with van der Waals surface area (Å²) < 4.78 is 5.25. The molecule has 1 rings (SSSR count). The average Bonchev–Trinajstić information content (AvgIpc) is 2.17. The fraction of sp³-hybridized carbons (Fsp3) is 0.444. The Kier molecular flexibility index (Phi) is 3.84. The molecular weight excluding hydrogens is 198 g/mol. The SMILES string of the molecule is CCCCOc1ccc([N+](=O)[O-])c(N)n1. The van der Waals surface area contributed by atoms with E-state index in [4.69, 9.17) is 10.5 Å². The second-order valence-corrected chi connectivity index (χ2v) is 3.01. The van der Waals surface area contributed by atoms with Gasteiger partial charge in [-0.05, 0) is 6.42 Å². The van der Waals surface area contributed by atoms with E-state index in [0.717, 1.165) is 12.8 Å². The van der Waals surface area contributed by atoms with Crippen LogP contribution in [0, 0.1) is 10.1 Å². The first-order valence-electron chi connectivity index (χ1n) is 4.69. The maximum Gasteiger partial charge on any atom is 0.311 e. The Hall–Kier alpha value is -1.85. The summed E-state index contributed by atoms with van der Waals surface area (Å²) in [7, 11) is 0. The quantitative estimate of drug-likeness (QED) is 0.455. The predicted octanol–water partition coefficient (Wildman–Crippen LogP) is 1.75. The number of aromatic nitrogens is 1. The molecular formula is C9H13N3O3. The lowest BCUT2D eigenvalue weighted by molar-refractivity contribution is -0.384. The molecule has 0 aliphatic rings. The van der Waals surface area contributed by atoms with Gasteiger partial charge in [0.1, 0.15) is 0 Å². The molecule has 0 spiro atoms. The molecule has 6 heteroatoms. The van der Waals surface area contributed by atoms with E-state index in [1.54, 1.807) is 0 Å². The standard InChI is InChI=1S/C9H13N3O3/c1-2-3-6-15-8-5-4-7(12(13)14)9(10)11-8/h4-5H,2-3,6H2,1H3,(H2,10,11). The van der Waals surface area contributed by atoms with Crippen LogP contribution in [0.5, 0.6) is 5.88 Å². The van der Waals surface area contributed by atoms with Gasteiger partial charge in [-0.15, -0.1) is 0 Å². The van der Waals surface area contributed by atoms with Crippen molar-refractivity contribution in [3.63, 3.8) is 0 Å². The summed E-state index contributed by atoms with van der Waals surface area (Å²) in [5, 5.41) is 10.4. The van der Waals surface area contributed by atoms with Gasteiger partial charge in [0, 0.05) is 12.1 Å². The van der Waals surface area contributed by atoms with Crippen LogP contribution in [0.3, 0.4) is 0 Å². The number of nitrogen functional groups attached to an aromatic ring is 1. The van der Waals surface area contributed by atoms with Crippen molar-refractivity contribution in [2.24, 2.45) is 0 Å². The van der Waals surface area contributed by atoms with Gasteiger partial charge < -0.3 is 10.5 Å². The van der Waals surface area contributed by atoms with Gasteiger partial charge in [0.15, 0.2) is 0 Å². The van der Waals surface area contributed by atoms with E-state index in [1.807, 2.05) is 6.92 Å². The Morgan fingerprint density at radius 2 is 2.33 bits per heavy atom. The average molecular weight is 211 g/mol. The minimum absolute atomic E-state index is 0.117. The number of pyridine rings is 1. The van der Waals surface area contributed by atoms with Gasteiger partial charge in [0.2, 0.25) is 11.7 Å². The highest BCUT2D eigenvalue weighted by Crippen LogP contribution is 2.21. The molecule has 0 aromatic carbocycles. The van der Waals surface area contributed by atoms with E-state index in [0.29, 0.717) is 12.5 Å². The number of anilines is 1. The third-order valence-corrected chi connectivity index (χ3v) is 1.82. The zero-order valence-electron chi connectivity index (χ0n) is 8.47. The topological polar surface area (TPSA) is 91.3 Å². The summed E-state index contributed by atoms with van der Waals surface area (Å²) >= 11 is 0. The maximum atomic E-state index is 10.4. The molecule has 1 aromatic heterocycles. The second-order valence-electron chi connectivity index (χ2n) is 3.01. The van der Waals surface area contributed by atoms with E-state index < -0.39 is 4.92 Å². The van der Waals surface area contributed by atoms with Crippen LogP contribution in [0.15, 0.2) is 12.1 Å². The molecule has 0 amide bonds. The monoisotopic (exact) mass is 211 g/mol. The number of hydrogen-bond donors (Lipinski definition) is 1. The first-order chi connectivity index (χ1) is 7.15. The second kappa shape index (κ2) is 5.14. The zero-order valence-corrected chi connectivity index (χ0v) is 8.47. The van der Waals surface area contributed by atoms with Crippen molar-refractivity contribution in [3.8, 4) is 5.88 Å². The number of nitro groups is 1. The Bertz CT molecular complexity index is 354. The highest BCUT2D eigenvalue weighted by atomic mass is 16.6. The largest absolute Gasteiger partial charge is 0.478 e. The van der Waals surface area contributed by atoms with Crippen LogP contribution in [0.2, 0.25) is 0 Å². The van der Waals surface area contributed by atoms with Crippen molar-refractivity contribution in [2.75, 3.05) is 12.3 Å². The van der Waals surface area contributed by atoms with Crippen molar-refractivity contribution in [2.45, 2.75) is 19.8 Å². The number of nitrogens with zero attached hydrogens (tertiary/aromatic N) is 2. The normalized spacial score (nSPS) is 9.93. The highest BCUT2D eigenvalue weighted by molar-refractivity contribution is 5.53. The van der Waals surface area contributed by atoms with Gasteiger partial charge in [-0.2, -0.15) is 4.98 Å². The lowest BCUT2D eigenvalue weighted by Crippen LogP contribution is -2.02. The van der Waals surface area contributed by atoms with E-state index in [1.165, 1.54) is 12.1 Å². The minimum Gasteiger partial charge on any atom is -0.478 e. The molecule has 0 saturated carbocycles. The van der Waals surface area contributed by atoms with Gasteiger partial charge >= 0.3 is 5.69 Å². The molecule has 1 heterocycles. The molecule has 0 radical (unpaired) electrons. The minimum atomic E-state index is -0.571. The molecule has 1 aromatic rings. The zero-order chi connectivity index (χ0) is 11.3. The first-order valence-corrected chi connectivity index (χ1v) is 4.69. The molecule has 15 heavy (non-hydrogen) atoms. The fourth-order valence-corrected chi connectivity index (χ4v) is 1.00. The molecule has 0 saturated heterocycles. The number of ether oxygens (including phenoxy) is 1. The van der Waals surface area contributed by atoms with Gasteiger partial charge in [-0.3, -0.25) is 10.1 Å². The summed E-state index contributed by atoms with van der Waals surface area (Å²) in [6, 6.07) is 2.74. The van der Waals surface area contributed by atoms with E-state index in [9.17, 15) is 10.1 Å². The number of hydrogen-bond acceptors (Lipinski definition) is 5. The van der Waals surface area contributed by atoms with Crippen molar-refractivity contribution in [1.29, 1.82) is 0 Å². The summed E-state index contributed by atoms with van der Waals surface area (Å²) in [5.41, 5.74) is 5.20. The smallest absolute Gasteiger partial charge is 0.311 e. The van der Waals surface area contributed by atoms with Gasteiger partial charge in [-0.1, -0.05) is 13.3 Å². The third kappa shape index (κ3) is 3.08.